The van der Waals surface area contributed by atoms with Crippen molar-refractivity contribution in [1.29, 1.82) is 0 Å². The number of hydrogen-bond acceptors (Lipinski definition) is 5. The molecule has 0 aliphatic carbocycles. The highest BCUT2D eigenvalue weighted by Gasteiger charge is 2.22. The van der Waals surface area contributed by atoms with Crippen LogP contribution >= 0.6 is 11.6 Å². The summed E-state index contributed by atoms with van der Waals surface area (Å²) in [5, 5.41) is 3.22. The van der Waals surface area contributed by atoms with E-state index < -0.39 is 15.9 Å². The molecular formula is C23H23ClN2O5S. The van der Waals surface area contributed by atoms with Crippen molar-refractivity contribution in [2.75, 3.05) is 26.6 Å². The van der Waals surface area contributed by atoms with Crippen LogP contribution in [0.3, 0.4) is 0 Å². The molecular weight excluding hydrogens is 452 g/mol. The van der Waals surface area contributed by atoms with E-state index in [4.69, 9.17) is 21.1 Å². The van der Waals surface area contributed by atoms with E-state index in [0.29, 0.717) is 33.3 Å². The average Bonchev–Trinajstić information content (AvgIpc) is 2.79. The predicted octanol–water partition coefficient (Wildman–Crippen LogP) is 4.43. The summed E-state index contributed by atoms with van der Waals surface area (Å²) in [5.41, 5.74) is 1.29. The highest BCUT2D eigenvalue weighted by atomic mass is 35.5. The third-order valence-corrected chi connectivity index (χ3v) is 6.85. The van der Waals surface area contributed by atoms with Crippen LogP contribution in [0.25, 0.3) is 0 Å². The molecule has 168 valence electrons. The largest absolute Gasteiger partial charge is 0.496 e. The van der Waals surface area contributed by atoms with Crippen LogP contribution in [-0.2, 0) is 16.6 Å². The summed E-state index contributed by atoms with van der Waals surface area (Å²) in [6.07, 6.45) is 0. The van der Waals surface area contributed by atoms with Gasteiger partial charge in [0.15, 0.2) is 0 Å². The molecule has 1 N–H and O–H groups in total. The number of halogens is 1. The summed E-state index contributed by atoms with van der Waals surface area (Å²) in [6.45, 7) is 0.0159. The molecule has 0 fully saturated rings. The second-order valence-corrected chi connectivity index (χ2v) is 9.38. The van der Waals surface area contributed by atoms with Crippen molar-refractivity contribution in [2.24, 2.45) is 0 Å². The average molecular weight is 475 g/mol. The van der Waals surface area contributed by atoms with Crippen LogP contribution in [0.5, 0.6) is 11.5 Å². The topological polar surface area (TPSA) is 84.9 Å². The van der Waals surface area contributed by atoms with E-state index in [0.717, 1.165) is 0 Å². The maximum atomic E-state index is 12.9. The zero-order valence-corrected chi connectivity index (χ0v) is 19.4. The van der Waals surface area contributed by atoms with Gasteiger partial charge in [0.25, 0.3) is 5.91 Å². The number of rotatable bonds is 8. The molecule has 9 heteroatoms. The number of hydrogen-bond donors (Lipinski definition) is 1. The molecule has 7 nitrogen and oxygen atoms in total. The van der Waals surface area contributed by atoms with Crippen LogP contribution < -0.4 is 14.8 Å². The standard InChI is InChI=1S/C23H23ClN2O5S/c1-26(32(28,29)19-7-5-4-6-8-19)15-17-13-16(9-11-21(17)30-2)23(27)25-20-14-18(24)10-12-22(20)31-3/h4-14H,15H2,1-3H3,(H,25,27). The van der Waals surface area contributed by atoms with E-state index in [2.05, 4.69) is 5.32 Å². The number of carbonyl (C=O) groups is 1. The molecule has 3 rings (SSSR count). The fraction of sp³-hybridized carbons (Fsp3) is 0.174. The molecule has 0 aliphatic rings. The molecule has 0 saturated heterocycles. The lowest BCUT2D eigenvalue weighted by Crippen LogP contribution is -2.27. The van der Waals surface area contributed by atoms with Gasteiger partial charge in [-0.1, -0.05) is 29.8 Å². The second-order valence-electron chi connectivity index (χ2n) is 6.90. The predicted molar refractivity (Wildman–Crippen MR) is 124 cm³/mol. The maximum Gasteiger partial charge on any atom is 0.255 e. The number of carbonyl (C=O) groups excluding carboxylic acids is 1. The molecule has 3 aromatic carbocycles. The van der Waals surface area contributed by atoms with Gasteiger partial charge < -0.3 is 14.8 Å². The lowest BCUT2D eigenvalue weighted by molar-refractivity contribution is 0.102. The van der Waals surface area contributed by atoms with Gasteiger partial charge in [-0.2, -0.15) is 4.31 Å². The Hall–Kier alpha value is -3.07. The minimum absolute atomic E-state index is 0.0159. The zero-order chi connectivity index (χ0) is 23.3. The third-order valence-electron chi connectivity index (χ3n) is 4.80. The van der Waals surface area contributed by atoms with Gasteiger partial charge in [0.2, 0.25) is 10.0 Å². The van der Waals surface area contributed by atoms with Crippen LogP contribution in [0.4, 0.5) is 5.69 Å². The van der Waals surface area contributed by atoms with Crippen molar-refractivity contribution in [3.63, 3.8) is 0 Å². The Morgan fingerprint density at radius 1 is 0.969 bits per heavy atom. The van der Waals surface area contributed by atoms with Crippen LogP contribution in [0.15, 0.2) is 71.6 Å². The number of sulfonamides is 1. The Kier molecular flexibility index (Phi) is 7.40. The molecule has 0 radical (unpaired) electrons. The summed E-state index contributed by atoms with van der Waals surface area (Å²) in [6, 6.07) is 17.9. The molecule has 32 heavy (non-hydrogen) atoms. The van der Waals surface area contributed by atoms with Crippen molar-refractivity contribution in [1.82, 2.24) is 4.31 Å². The fourth-order valence-corrected chi connectivity index (χ4v) is 4.46. The number of benzene rings is 3. The van der Waals surface area contributed by atoms with E-state index in [1.807, 2.05) is 0 Å². The van der Waals surface area contributed by atoms with Gasteiger partial charge in [0.05, 0.1) is 24.8 Å². The number of nitrogens with zero attached hydrogens (tertiary/aromatic N) is 1. The first-order valence-corrected chi connectivity index (χ1v) is 11.4. The zero-order valence-electron chi connectivity index (χ0n) is 17.8. The van der Waals surface area contributed by atoms with Gasteiger partial charge in [-0.3, -0.25) is 4.79 Å². The summed E-state index contributed by atoms with van der Waals surface area (Å²) >= 11 is 6.03. The fourth-order valence-electron chi connectivity index (χ4n) is 3.11. The molecule has 3 aromatic rings. The maximum absolute atomic E-state index is 12.9. The number of nitrogens with one attached hydrogen (secondary N) is 1. The molecule has 0 heterocycles. The quantitative estimate of drug-likeness (QED) is 0.522. The summed E-state index contributed by atoms with van der Waals surface area (Å²) in [5.74, 6) is 0.533. The van der Waals surface area contributed by atoms with Crippen LogP contribution in [0.1, 0.15) is 15.9 Å². The molecule has 0 aliphatic heterocycles. The van der Waals surface area contributed by atoms with E-state index in [-0.39, 0.29) is 11.4 Å². The van der Waals surface area contributed by atoms with Crippen molar-refractivity contribution in [3.05, 3.63) is 82.9 Å². The highest BCUT2D eigenvalue weighted by molar-refractivity contribution is 7.89. The highest BCUT2D eigenvalue weighted by Crippen LogP contribution is 2.29. The Morgan fingerprint density at radius 3 is 2.28 bits per heavy atom. The molecule has 0 aromatic heterocycles. The Bertz CT molecular complexity index is 1220. The van der Waals surface area contributed by atoms with Crippen molar-refractivity contribution >= 4 is 33.2 Å². The molecule has 0 saturated carbocycles. The van der Waals surface area contributed by atoms with E-state index >= 15 is 0 Å². The van der Waals surface area contributed by atoms with E-state index in [1.165, 1.54) is 37.7 Å². The van der Waals surface area contributed by atoms with Crippen LogP contribution in [0, 0.1) is 0 Å². The third kappa shape index (κ3) is 5.21. The number of anilines is 1. The molecule has 0 atom stereocenters. The van der Waals surface area contributed by atoms with Crippen molar-refractivity contribution in [3.8, 4) is 11.5 Å². The van der Waals surface area contributed by atoms with Gasteiger partial charge >= 0.3 is 0 Å². The number of ether oxygens (including phenoxy) is 2. The van der Waals surface area contributed by atoms with Gasteiger partial charge in [-0.25, -0.2) is 8.42 Å². The van der Waals surface area contributed by atoms with Gasteiger partial charge in [-0.05, 0) is 48.5 Å². The van der Waals surface area contributed by atoms with Gasteiger partial charge in [-0.15, -0.1) is 0 Å². The van der Waals surface area contributed by atoms with E-state index in [1.54, 1.807) is 54.6 Å². The smallest absolute Gasteiger partial charge is 0.255 e. The Morgan fingerprint density at radius 2 is 1.62 bits per heavy atom. The summed E-state index contributed by atoms with van der Waals surface area (Å²) in [4.78, 5) is 13.1. The Labute approximate surface area is 192 Å². The second kappa shape index (κ2) is 10.0. The molecule has 0 spiro atoms. The molecule has 0 bridgehead atoms. The molecule has 0 unspecified atom stereocenters. The minimum Gasteiger partial charge on any atom is -0.496 e. The Balaban J connectivity index is 1.87. The van der Waals surface area contributed by atoms with Crippen molar-refractivity contribution in [2.45, 2.75) is 11.4 Å². The number of amides is 1. The first-order valence-electron chi connectivity index (χ1n) is 9.59. The lowest BCUT2D eigenvalue weighted by atomic mass is 10.1. The normalized spacial score (nSPS) is 11.3. The summed E-state index contributed by atoms with van der Waals surface area (Å²) < 4.78 is 37.6. The minimum atomic E-state index is -3.71. The lowest BCUT2D eigenvalue weighted by Gasteiger charge is -2.19. The van der Waals surface area contributed by atoms with Crippen LogP contribution in [0.2, 0.25) is 5.02 Å². The van der Waals surface area contributed by atoms with Crippen molar-refractivity contribution < 1.29 is 22.7 Å². The first-order chi connectivity index (χ1) is 15.3. The SMILES string of the molecule is COc1ccc(C(=O)Nc2cc(Cl)ccc2OC)cc1CN(C)S(=O)(=O)c1ccccc1. The molecule has 1 amide bonds. The van der Waals surface area contributed by atoms with Crippen LogP contribution in [-0.4, -0.2) is 39.9 Å². The monoisotopic (exact) mass is 474 g/mol. The number of methoxy groups -OCH3 is 2. The summed E-state index contributed by atoms with van der Waals surface area (Å²) in [7, 11) is 0.747. The first kappa shape index (κ1) is 23.6. The van der Waals surface area contributed by atoms with E-state index in [9.17, 15) is 13.2 Å². The van der Waals surface area contributed by atoms with Gasteiger partial charge in [0, 0.05) is 29.7 Å². The van der Waals surface area contributed by atoms with Gasteiger partial charge in [0.1, 0.15) is 11.5 Å².